The standard InChI is InChI=1S/C21H19F4N3O2S/c1-20(2,3)14-8-5-4-7-13(14)19-15(21(23,24)25)11-12-17(27-19)28-31(29,30)18-10-6-9-16(22)26-18/h4-12H,1-3H3,(H,27,28). The van der Waals surface area contributed by atoms with Gasteiger partial charge in [0, 0.05) is 5.56 Å². The number of pyridine rings is 2. The Bertz CT molecular complexity index is 1220. The molecule has 2 aromatic heterocycles. The number of hydrogen-bond donors (Lipinski definition) is 1. The highest BCUT2D eigenvalue weighted by molar-refractivity contribution is 7.92. The zero-order valence-corrected chi connectivity index (χ0v) is 17.6. The monoisotopic (exact) mass is 453 g/mol. The van der Waals surface area contributed by atoms with Crippen molar-refractivity contribution in [3.8, 4) is 11.3 Å². The van der Waals surface area contributed by atoms with Crippen LogP contribution in [0.3, 0.4) is 0 Å². The first-order valence-corrected chi connectivity index (χ1v) is 10.6. The highest BCUT2D eigenvalue weighted by atomic mass is 32.2. The largest absolute Gasteiger partial charge is 0.418 e. The molecule has 5 nitrogen and oxygen atoms in total. The Morgan fingerprint density at radius 1 is 0.839 bits per heavy atom. The van der Waals surface area contributed by atoms with E-state index in [1.165, 1.54) is 6.07 Å². The van der Waals surface area contributed by atoms with Crippen LogP contribution in [0.4, 0.5) is 23.4 Å². The van der Waals surface area contributed by atoms with Gasteiger partial charge in [-0.25, -0.2) is 9.97 Å². The molecule has 0 fully saturated rings. The maximum atomic E-state index is 13.7. The molecule has 0 aliphatic carbocycles. The number of alkyl halides is 3. The molecule has 10 heteroatoms. The van der Waals surface area contributed by atoms with E-state index in [2.05, 4.69) is 14.7 Å². The van der Waals surface area contributed by atoms with Crippen molar-refractivity contribution in [3.63, 3.8) is 0 Å². The van der Waals surface area contributed by atoms with Gasteiger partial charge in [0.05, 0.1) is 11.3 Å². The molecule has 2 heterocycles. The van der Waals surface area contributed by atoms with Gasteiger partial charge in [0.1, 0.15) is 5.82 Å². The van der Waals surface area contributed by atoms with Gasteiger partial charge in [0.15, 0.2) is 5.03 Å². The summed E-state index contributed by atoms with van der Waals surface area (Å²) in [5.41, 5.74) is -1.07. The van der Waals surface area contributed by atoms with Crippen LogP contribution in [-0.4, -0.2) is 18.4 Å². The molecule has 31 heavy (non-hydrogen) atoms. The number of nitrogens with zero attached hydrogens (tertiary/aromatic N) is 2. The van der Waals surface area contributed by atoms with Gasteiger partial charge < -0.3 is 0 Å². The summed E-state index contributed by atoms with van der Waals surface area (Å²) in [6, 6.07) is 11.3. The Morgan fingerprint density at radius 3 is 2.13 bits per heavy atom. The summed E-state index contributed by atoms with van der Waals surface area (Å²) in [6.45, 7) is 5.55. The lowest BCUT2D eigenvalue weighted by molar-refractivity contribution is -0.137. The fourth-order valence-corrected chi connectivity index (χ4v) is 3.98. The van der Waals surface area contributed by atoms with Crippen molar-refractivity contribution in [2.45, 2.75) is 37.4 Å². The van der Waals surface area contributed by atoms with Crippen LogP contribution in [-0.2, 0) is 21.6 Å². The lowest BCUT2D eigenvalue weighted by Crippen LogP contribution is -2.18. The van der Waals surface area contributed by atoms with Crippen molar-refractivity contribution < 1.29 is 26.0 Å². The minimum Gasteiger partial charge on any atom is -0.262 e. The van der Waals surface area contributed by atoms with Gasteiger partial charge >= 0.3 is 6.18 Å². The van der Waals surface area contributed by atoms with E-state index in [0.717, 1.165) is 30.3 Å². The maximum Gasteiger partial charge on any atom is 0.418 e. The second-order valence-corrected chi connectivity index (χ2v) is 9.42. The van der Waals surface area contributed by atoms with Crippen LogP contribution in [0, 0.1) is 5.95 Å². The topological polar surface area (TPSA) is 72.0 Å². The molecule has 3 rings (SSSR count). The molecular formula is C21H19F4N3O2S. The number of hydrogen-bond acceptors (Lipinski definition) is 4. The van der Waals surface area contributed by atoms with Gasteiger partial charge in [-0.1, -0.05) is 51.1 Å². The fraction of sp³-hybridized carbons (Fsp3) is 0.238. The Balaban J connectivity index is 2.16. The minimum atomic E-state index is -4.71. The van der Waals surface area contributed by atoms with Gasteiger partial charge in [0.25, 0.3) is 10.0 Å². The van der Waals surface area contributed by atoms with Crippen LogP contribution in [0.1, 0.15) is 31.9 Å². The van der Waals surface area contributed by atoms with E-state index in [9.17, 15) is 26.0 Å². The smallest absolute Gasteiger partial charge is 0.262 e. The summed E-state index contributed by atoms with van der Waals surface area (Å²) in [7, 11) is -4.37. The molecule has 0 atom stereocenters. The van der Waals surface area contributed by atoms with E-state index in [0.29, 0.717) is 5.56 Å². The SMILES string of the molecule is CC(C)(C)c1ccccc1-c1nc(NS(=O)(=O)c2cccc(F)n2)ccc1C(F)(F)F. The van der Waals surface area contributed by atoms with Crippen LogP contribution < -0.4 is 4.72 Å². The molecule has 1 aromatic carbocycles. The van der Waals surface area contributed by atoms with Gasteiger partial charge in [-0.05, 0) is 35.2 Å². The Morgan fingerprint density at radius 2 is 1.52 bits per heavy atom. The number of aromatic nitrogens is 2. The van der Waals surface area contributed by atoms with Crippen molar-refractivity contribution >= 4 is 15.8 Å². The van der Waals surface area contributed by atoms with Crippen LogP contribution in [0.25, 0.3) is 11.3 Å². The van der Waals surface area contributed by atoms with E-state index in [4.69, 9.17) is 0 Å². The predicted molar refractivity (Wildman–Crippen MR) is 108 cm³/mol. The van der Waals surface area contributed by atoms with Gasteiger partial charge in [0.2, 0.25) is 5.95 Å². The average Bonchev–Trinajstić information content (AvgIpc) is 2.66. The number of rotatable bonds is 4. The van der Waals surface area contributed by atoms with Crippen molar-refractivity contribution in [2.75, 3.05) is 4.72 Å². The molecule has 164 valence electrons. The molecule has 0 unspecified atom stereocenters. The van der Waals surface area contributed by atoms with Crippen LogP contribution in [0.15, 0.2) is 59.6 Å². The first-order valence-electron chi connectivity index (χ1n) is 9.12. The van der Waals surface area contributed by atoms with Crippen molar-refractivity contribution in [1.82, 2.24) is 9.97 Å². The first kappa shape index (κ1) is 22.7. The third kappa shape index (κ3) is 5.01. The number of nitrogens with one attached hydrogen (secondary N) is 1. The maximum absolute atomic E-state index is 13.7. The number of benzene rings is 1. The molecule has 0 spiro atoms. The predicted octanol–water partition coefficient (Wildman–Crippen LogP) is 5.40. The summed E-state index contributed by atoms with van der Waals surface area (Å²) in [6.07, 6.45) is -4.71. The molecule has 0 radical (unpaired) electrons. The highest BCUT2D eigenvalue weighted by Gasteiger charge is 2.36. The van der Waals surface area contributed by atoms with Crippen molar-refractivity contribution in [1.29, 1.82) is 0 Å². The quantitative estimate of drug-likeness (QED) is 0.424. The van der Waals surface area contributed by atoms with Crippen LogP contribution in [0.2, 0.25) is 0 Å². The zero-order valence-electron chi connectivity index (χ0n) is 16.8. The Hall–Kier alpha value is -3.01. The van der Waals surface area contributed by atoms with E-state index in [1.54, 1.807) is 18.2 Å². The summed E-state index contributed by atoms with van der Waals surface area (Å²) >= 11 is 0. The summed E-state index contributed by atoms with van der Waals surface area (Å²) in [5.74, 6) is -1.36. The summed E-state index contributed by atoms with van der Waals surface area (Å²) in [5, 5.41) is -0.620. The molecule has 0 bridgehead atoms. The molecule has 0 aliphatic heterocycles. The lowest BCUT2D eigenvalue weighted by atomic mass is 9.82. The van der Waals surface area contributed by atoms with Crippen LogP contribution >= 0.6 is 0 Å². The molecule has 0 saturated heterocycles. The second kappa shape index (κ2) is 7.92. The molecule has 1 N–H and O–H groups in total. The van der Waals surface area contributed by atoms with Crippen molar-refractivity contribution in [2.24, 2.45) is 0 Å². The Kier molecular flexibility index (Phi) is 5.79. The van der Waals surface area contributed by atoms with Crippen LogP contribution in [0.5, 0.6) is 0 Å². The number of halogens is 4. The molecule has 0 aliphatic rings. The number of anilines is 1. The lowest BCUT2D eigenvalue weighted by Gasteiger charge is -2.24. The molecule has 0 amide bonds. The third-order valence-corrected chi connectivity index (χ3v) is 5.65. The average molecular weight is 453 g/mol. The van der Waals surface area contributed by atoms with E-state index < -0.39 is 43.8 Å². The molecular weight excluding hydrogens is 434 g/mol. The van der Waals surface area contributed by atoms with E-state index in [1.807, 2.05) is 20.8 Å². The van der Waals surface area contributed by atoms with Crippen molar-refractivity contribution in [3.05, 3.63) is 71.7 Å². The van der Waals surface area contributed by atoms with Gasteiger partial charge in [-0.3, -0.25) is 4.72 Å². The molecule has 0 saturated carbocycles. The fourth-order valence-electron chi connectivity index (χ4n) is 3.02. The van der Waals surface area contributed by atoms with E-state index in [-0.39, 0.29) is 11.4 Å². The minimum absolute atomic E-state index is 0.229. The number of sulfonamides is 1. The third-order valence-electron chi connectivity index (χ3n) is 4.39. The molecule has 3 aromatic rings. The second-order valence-electron chi connectivity index (χ2n) is 7.79. The Labute approximate surface area is 177 Å². The summed E-state index contributed by atoms with van der Waals surface area (Å²) in [4.78, 5) is 7.28. The summed E-state index contributed by atoms with van der Waals surface area (Å²) < 4.78 is 81.5. The highest BCUT2D eigenvalue weighted by Crippen LogP contribution is 2.40. The first-order chi connectivity index (χ1) is 14.3. The van der Waals surface area contributed by atoms with Gasteiger partial charge in [-0.15, -0.1) is 0 Å². The van der Waals surface area contributed by atoms with Gasteiger partial charge in [-0.2, -0.15) is 26.0 Å². The normalized spacial score (nSPS) is 12.6. The zero-order chi connectivity index (χ0) is 23.0. The van der Waals surface area contributed by atoms with E-state index >= 15 is 0 Å².